The molecule has 0 bridgehead atoms. The van der Waals surface area contributed by atoms with Crippen LogP contribution in [0.15, 0.2) is 36.7 Å². The van der Waals surface area contributed by atoms with Crippen LogP contribution in [0.5, 0.6) is 0 Å². The van der Waals surface area contributed by atoms with Crippen LogP contribution in [0.1, 0.15) is 18.9 Å². The summed E-state index contributed by atoms with van der Waals surface area (Å²) in [6, 6.07) is 6.53. The summed E-state index contributed by atoms with van der Waals surface area (Å²) in [6.45, 7) is 0. The highest BCUT2D eigenvalue weighted by molar-refractivity contribution is 5.81. The first-order chi connectivity index (χ1) is 9.75. The summed E-state index contributed by atoms with van der Waals surface area (Å²) in [6.07, 6.45) is 5.30. The number of hydrogen-bond acceptors (Lipinski definition) is 2. The van der Waals surface area contributed by atoms with E-state index < -0.39 is 11.6 Å². The number of rotatable bonds is 2. The second-order valence-electron chi connectivity index (χ2n) is 5.01. The Hall–Kier alpha value is -2.30. The highest BCUT2D eigenvalue weighted by Gasteiger charge is 2.30. The molecule has 1 aliphatic rings. The molecule has 2 heterocycles. The monoisotopic (exact) mass is 271 g/mol. The van der Waals surface area contributed by atoms with E-state index in [9.17, 15) is 8.78 Å². The summed E-state index contributed by atoms with van der Waals surface area (Å²) >= 11 is 0. The van der Waals surface area contributed by atoms with Crippen LogP contribution in [0.2, 0.25) is 0 Å². The first kappa shape index (κ1) is 11.5. The first-order valence-corrected chi connectivity index (χ1v) is 6.52. The maximum Gasteiger partial charge on any atom is 0.184 e. The number of hydrogen-bond donors (Lipinski definition) is 0. The van der Waals surface area contributed by atoms with Crippen LogP contribution in [-0.4, -0.2) is 14.5 Å². The zero-order chi connectivity index (χ0) is 13.7. The SMILES string of the molecule is Fc1ccc2nc(-c3cccnc3)n(C3CC3)c2c1F. The van der Waals surface area contributed by atoms with Crippen molar-refractivity contribution in [2.24, 2.45) is 0 Å². The summed E-state index contributed by atoms with van der Waals surface area (Å²) in [5, 5.41) is 0. The number of pyridine rings is 1. The smallest absolute Gasteiger partial charge is 0.184 e. The van der Waals surface area contributed by atoms with Gasteiger partial charge in [-0.05, 0) is 37.1 Å². The van der Waals surface area contributed by atoms with Gasteiger partial charge < -0.3 is 4.57 Å². The second-order valence-corrected chi connectivity index (χ2v) is 5.01. The van der Waals surface area contributed by atoms with Gasteiger partial charge in [-0.15, -0.1) is 0 Å². The van der Waals surface area contributed by atoms with E-state index in [0.29, 0.717) is 11.3 Å². The zero-order valence-corrected chi connectivity index (χ0v) is 10.6. The van der Waals surface area contributed by atoms with E-state index in [-0.39, 0.29) is 11.6 Å². The Kier molecular flexibility index (Phi) is 2.36. The van der Waals surface area contributed by atoms with Gasteiger partial charge >= 0.3 is 0 Å². The second kappa shape index (κ2) is 4.10. The third kappa shape index (κ3) is 1.62. The Bertz CT molecular complexity index is 792. The van der Waals surface area contributed by atoms with Gasteiger partial charge in [0.2, 0.25) is 0 Å². The molecular formula is C15H11F2N3. The Morgan fingerprint density at radius 2 is 2.00 bits per heavy atom. The van der Waals surface area contributed by atoms with Crippen LogP contribution in [-0.2, 0) is 0 Å². The molecule has 1 aliphatic carbocycles. The maximum atomic E-state index is 14.1. The van der Waals surface area contributed by atoms with Crippen LogP contribution >= 0.6 is 0 Å². The minimum absolute atomic E-state index is 0.200. The van der Waals surface area contributed by atoms with E-state index >= 15 is 0 Å². The molecule has 3 nitrogen and oxygen atoms in total. The number of nitrogens with zero attached hydrogens (tertiary/aromatic N) is 3. The van der Waals surface area contributed by atoms with Gasteiger partial charge in [0.25, 0.3) is 0 Å². The van der Waals surface area contributed by atoms with Gasteiger partial charge in [-0.3, -0.25) is 4.98 Å². The van der Waals surface area contributed by atoms with Crippen molar-refractivity contribution in [3.05, 3.63) is 48.3 Å². The summed E-state index contributed by atoms with van der Waals surface area (Å²) in [5.74, 6) is -1.01. The topological polar surface area (TPSA) is 30.7 Å². The van der Waals surface area contributed by atoms with Crippen LogP contribution in [0.25, 0.3) is 22.4 Å². The Labute approximate surface area is 113 Å². The van der Waals surface area contributed by atoms with Crippen molar-refractivity contribution < 1.29 is 8.78 Å². The van der Waals surface area contributed by atoms with E-state index in [1.54, 1.807) is 12.4 Å². The molecule has 4 rings (SSSR count). The predicted octanol–water partition coefficient (Wildman–Crippen LogP) is 3.71. The summed E-state index contributed by atoms with van der Waals surface area (Å²) in [5.41, 5.74) is 1.55. The van der Waals surface area contributed by atoms with E-state index in [2.05, 4.69) is 9.97 Å². The van der Waals surface area contributed by atoms with Crippen molar-refractivity contribution in [2.45, 2.75) is 18.9 Å². The van der Waals surface area contributed by atoms with Gasteiger partial charge in [0, 0.05) is 24.0 Å². The highest BCUT2D eigenvalue weighted by atomic mass is 19.2. The fourth-order valence-electron chi connectivity index (χ4n) is 2.51. The lowest BCUT2D eigenvalue weighted by Gasteiger charge is -2.07. The van der Waals surface area contributed by atoms with E-state index in [4.69, 9.17) is 0 Å². The molecule has 2 aromatic heterocycles. The van der Waals surface area contributed by atoms with Crippen LogP contribution in [0.3, 0.4) is 0 Å². The lowest BCUT2D eigenvalue weighted by molar-refractivity contribution is 0.511. The molecule has 0 radical (unpaired) electrons. The first-order valence-electron chi connectivity index (χ1n) is 6.52. The van der Waals surface area contributed by atoms with Gasteiger partial charge in [0.1, 0.15) is 11.3 Å². The molecule has 0 saturated heterocycles. The Balaban J connectivity index is 2.07. The number of imidazole rings is 1. The fraction of sp³-hybridized carbons (Fsp3) is 0.200. The van der Waals surface area contributed by atoms with E-state index in [1.807, 2.05) is 16.7 Å². The molecule has 0 unspecified atom stereocenters. The number of fused-ring (bicyclic) bond motifs is 1. The third-order valence-electron chi connectivity index (χ3n) is 3.57. The fourth-order valence-corrected chi connectivity index (χ4v) is 2.51. The summed E-state index contributed by atoms with van der Waals surface area (Å²) in [7, 11) is 0. The summed E-state index contributed by atoms with van der Waals surface area (Å²) < 4.78 is 29.4. The predicted molar refractivity (Wildman–Crippen MR) is 71.2 cm³/mol. The van der Waals surface area contributed by atoms with Crippen molar-refractivity contribution in [1.29, 1.82) is 0 Å². The molecule has 0 aliphatic heterocycles. The number of halogens is 2. The van der Waals surface area contributed by atoms with Crippen LogP contribution in [0, 0.1) is 11.6 Å². The maximum absolute atomic E-state index is 14.1. The lowest BCUT2D eigenvalue weighted by Crippen LogP contribution is -2.00. The molecule has 3 aromatic rings. The highest BCUT2D eigenvalue weighted by Crippen LogP contribution is 2.41. The zero-order valence-electron chi connectivity index (χ0n) is 10.6. The van der Waals surface area contributed by atoms with Gasteiger partial charge in [0.05, 0.1) is 5.52 Å². The molecule has 0 amide bonds. The lowest BCUT2D eigenvalue weighted by atomic mass is 10.2. The van der Waals surface area contributed by atoms with E-state index in [0.717, 1.165) is 24.5 Å². The Morgan fingerprint density at radius 3 is 2.70 bits per heavy atom. The molecule has 0 N–H and O–H groups in total. The van der Waals surface area contributed by atoms with Crippen LogP contribution < -0.4 is 0 Å². The third-order valence-corrected chi connectivity index (χ3v) is 3.57. The van der Waals surface area contributed by atoms with E-state index in [1.165, 1.54) is 6.07 Å². The molecular weight excluding hydrogens is 260 g/mol. The summed E-state index contributed by atoms with van der Waals surface area (Å²) in [4.78, 5) is 8.53. The Morgan fingerprint density at radius 1 is 1.15 bits per heavy atom. The average Bonchev–Trinajstić information content (AvgIpc) is 3.24. The molecule has 0 atom stereocenters. The van der Waals surface area contributed by atoms with Crippen molar-refractivity contribution >= 4 is 11.0 Å². The molecule has 100 valence electrons. The molecule has 1 fully saturated rings. The molecule has 5 heteroatoms. The largest absolute Gasteiger partial charge is 0.318 e. The van der Waals surface area contributed by atoms with Gasteiger partial charge in [0.15, 0.2) is 11.6 Å². The quantitative estimate of drug-likeness (QED) is 0.711. The van der Waals surface area contributed by atoms with Crippen LogP contribution in [0.4, 0.5) is 8.78 Å². The molecule has 20 heavy (non-hydrogen) atoms. The standard InChI is InChI=1S/C15H11F2N3/c16-11-5-6-12-14(13(11)17)20(10-3-4-10)15(19-12)9-2-1-7-18-8-9/h1-2,5-8,10H,3-4H2. The minimum Gasteiger partial charge on any atom is -0.318 e. The van der Waals surface area contributed by atoms with Crippen molar-refractivity contribution in [3.8, 4) is 11.4 Å². The van der Waals surface area contributed by atoms with Crippen molar-refractivity contribution in [3.63, 3.8) is 0 Å². The molecule has 1 aromatic carbocycles. The van der Waals surface area contributed by atoms with Crippen molar-refractivity contribution in [2.75, 3.05) is 0 Å². The van der Waals surface area contributed by atoms with Gasteiger partial charge in [-0.25, -0.2) is 13.8 Å². The van der Waals surface area contributed by atoms with Gasteiger partial charge in [-0.1, -0.05) is 0 Å². The normalized spacial score (nSPS) is 14.9. The molecule has 1 saturated carbocycles. The van der Waals surface area contributed by atoms with Crippen molar-refractivity contribution in [1.82, 2.24) is 14.5 Å². The minimum atomic E-state index is -0.836. The molecule has 0 spiro atoms. The average molecular weight is 271 g/mol. The number of aromatic nitrogens is 3. The van der Waals surface area contributed by atoms with Gasteiger partial charge in [-0.2, -0.15) is 0 Å². The number of benzene rings is 1.